The fourth-order valence-corrected chi connectivity index (χ4v) is 2.25. The van der Waals surface area contributed by atoms with E-state index in [9.17, 15) is 4.79 Å². The molecule has 3 nitrogen and oxygen atoms in total. The van der Waals surface area contributed by atoms with Crippen LogP contribution in [0.5, 0.6) is 11.5 Å². The van der Waals surface area contributed by atoms with Crippen LogP contribution < -0.4 is 9.47 Å². The lowest BCUT2D eigenvalue weighted by molar-refractivity contribution is 0.108. The summed E-state index contributed by atoms with van der Waals surface area (Å²) in [4.78, 5) is 11.2. The third kappa shape index (κ3) is 3.52. The maximum Gasteiger partial charge on any atom is 0.252 e. The topological polar surface area (TPSA) is 35.5 Å². The summed E-state index contributed by atoms with van der Waals surface area (Å²) in [6, 6.07) is 12.5. The van der Waals surface area contributed by atoms with E-state index in [1.807, 2.05) is 24.3 Å². The molecule has 0 radical (unpaired) electrons. The van der Waals surface area contributed by atoms with E-state index >= 15 is 0 Å². The van der Waals surface area contributed by atoms with Crippen LogP contribution in [0.1, 0.15) is 15.9 Å². The maximum absolute atomic E-state index is 11.2. The van der Waals surface area contributed by atoms with E-state index in [-0.39, 0.29) is 6.61 Å². The lowest BCUT2D eigenvalue weighted by Crippen LogP contribution is -2.01. The Bertz CT molecular complexity index is 628. The van der Waals surface area contributed by atoms with Gasteiger partial charge in [-0.05, 0) is 57.9 Å². The Morgan fingerprint density at radius 3 is 2.60 bits per heavy atom. The van der Waals surface area contributed by atoms with Crippen LogP contribution in [-0.2, 0) is 6.61 Å². The normalized spacial score (nSPS) is 10.2. The molecule has 0 amide bonds. The first-order valence-corrected chi connectivity index (χ1v) is 7.03. The average molecular weight is 356 g/mol. The largest absolute Gasteiger partial charge is 0.496 e. The molecule has 0 N–H and O–H groups in total. The Kier molecular flexibility index (Phi) is 5.04. The van der Waals surface area contributed by atoms with Gasteiger partial charge in [-0.25, -0.2) is 0 Å². The summed E-state index contributed by atoms with van der Waals surface area (Å²) in [7, 11) is 1.57. The summed E-state index contributed by atoms with van der Waals surface area (Å²) in [6.45, 7) is 0.282. The zero-order valence-electron chi connectivity index (χ0n) is 10.7. The first kappa shape index (κ1) is 14.9. The van der Waals surface area contributed by atoms with E-state index in [4.69, 9.17) is 21.1 Å². The minimum Gasteiger partial charge on any atom is -0.496 e. The molecule has 0 atom stereocenters. The van der Waals surface area contributed by atoms with Crippen molar-refractivity contribution in [1.82, 2.24) is 0 Å². The number of ether oxygens (including phenoxy) is 2. The molecule has 0 saturated heterocycles. The molecule has 0 aromatic heterocycles. The number of carbonyl (C=O) groups is 1. The van der Waals surface area contributed by atoms with Gasteiger partial charge < -0.3 is 9.47 Å². The molecule has 20 heavy (non-hydrogen) atoms. The zero-order chi connectivity index (χ0) is 14.5. The van der Waals surface area contributed by atoms with Gasteiger partial charge in [0.2, 0.25) is 0 Å². The van der Waals surface area contributed by atoms with Crippen LogP contribution in [0, 0.1) is 0 Å². The Morgan fingerprint density at radius 1 is 1.20 bits per heavy atom. The summed E-state index contributed by atoms with van der Waals surface area (Å²) in [5.41, 5.74) is 1.17. The van der Waals surface area contributed by atoms with Gasteiger partial charge >= 0.3 is 0 Å². The lowest BCUT2D eigenvalue weighted by atomic mass is 10.1. The third-order valence-corrected chi connectivity index (χ3v) is 3.60. The number of hydrogen-bond acceptors (Lipinski definition) is 3. The second-order valence-electron chi connectivity index (χ2n) is 4.02. The van der Waals surface area contributed by atoms with Crippen LogP contribution >= 0.6 is 27.5 Å². The average Bonchev–Trinajstić information content (AvgIpc) is 2.46. The predicted octanol–water partition coefficient (Wildman–Crippen LogP) is 4.42. The number of rotatable bonds is 5. The van der Waals surface area contributed by atoms with Crippen LogP contribution in [0.4, 0.5) is 0 Å². The Hall–Kier alpha value is -1.52. The van der Waals surface area contributed by atoms with Crippen LogP contribution in [0.3, 0.4) is 0 Å². The quantitative estimate of drug-likeness (QED) is 0.745. The number of benzene rings is 2. The molecule has 0 aliphatic heterocycles. The van der Waals surface area contributed by atoms with Crippen molar-refractivity contribution < 1.29 is 14.3 Å². The second kappa shape index (κ2) is 6.77. The van der Waals surface area contributed by atoms with Gasteiger partial charge in [-0.2, -0.15) is 0 Å². The first-order valence-electron chi connectivity index (χ1n) is 5.86. The van der Waals surface area contributed by atoms with Gasteiger partial charge in [0.25, 0.3) is 5.24 Å². The Labute approximate surface area is 130 Å². The van der Waals surface area contributed by atoms with Crippen molar-refractivity contribution >= 4 is 32.8 Å². The van der Waals surface area contributed by atoms with Crippen LogP contribution in [0.25, 0.3) is 0 Å². The molecule has 0 saturated carbocycles. The Balaban J connectivity index is 2.22. The fraction of sp³-hybridized carbons (Fsp3) is 0.133. The standard InChI is InChI=1S/C15H12BrClO3/c1-19-13-7-6-10(15(17)18)8-11(13)9-20-14-5-3-2-4-12(14)16/h2-8H,9H2,1H3. The van der Waals surface area contributed by atoms with Gasteiger partial charge in [0, 0.05) is 11.1 Å². The van der Waals surface area contributed by atoms with Crippen molar-refractivity contribution in [2.24, 2.45) is 0 Å². The SMILES string of the molecule is COc1ccc(C(=O)Cl)cc1COc1ccccc1Br. The number of methoxy groups -OCH3 is 1. The molecule has 0 fully saturated rings. The molecule has 0 spiro atoms. The highest BCUT2D eigenvalue weighted by Gasteiger charge is 2.10. The second-order valence-corrected chi connectivity index (χ2v) is 5.22. The van der Waals surface area contributed by atoms with E-state index in [1.54, 1.807) is 25.3 Å². The van der Waals surface area contributed by atoms with Crippen molar-refractivity contribution in [1.29, 1.82) is 0 Å². The van der Waals surface area contributed by atoms with Crippen LogP contribution in [-0.4, -0.2) is 12.4 Å². The molecule has 2 aromatic carbocycles. The molecule has 0 aliphatic carbocycles. The number of para-hydroxylation sites is 1. The summed E-state index contributed by atoms with van der Waals surface area (Å²) >= 11 is 8.90. The highest BCUT2D eigenvalue weighted by Crippen LogP contribution is 2.27. The van der Waals surface area contributed by atoms with E-state index in [0.717, 1.165) is 15.8 Å². The first-order chi connectivity index (χ1) is 9.61. The van der Waals surface area contributed by atoms with Crippen molar-refractivity contribution in [3.05, 3.63) is 58.1 Å². The van der Waals surface area contributed by atoms with E-state index in [2.05, 4.69) is 15.9 Å². The molecule has 0 heterocycles. The van der Waals surface area contributed by atoms with Gasteiger partial charge in [-0.3, -0.25) is 4.79 Å². The van der Waals surface area contributed by atoms with Crippen molar-refractivity contribution in [2.45, 2.75) is 6.61 Å². The molecule has 0 aliphatic rings. The third-order valence-electron chi connectivity index (χ3n) is 2.73. The molecular formula is C15H12BrClO3. The smallest absolute Gasteiger partial charge is 0.252 e. The molecule has 2 rings (SSSR count). The van der Waals surface area contributed by atoms with E-state index in [1.165, 1.54) is 0 Å². The molecular weight excluding hydrogens is 344 g/mol. The summed E-state index contributed by atoms with van der Waals surface area (Å²) in [5, 5.41) is -0.505. The number of halogens is 2. The summed E-state index contributed by atoms with van der Waals surface area (Å²) in [5.74, 6) is 1.37. The van der Waals surface area contributed by atoms with Crippen molar-refractivity contribution in [2.75, 3.05) is 7.11 Å². The van der Waals surface area contributed by atoms with Gasteiger partial charge in [0.15, 0.2) is 0 Å². The van der Waals surface area contributed by atoms with Gasteiger partial charge in [0.1, 0.15) is 18.1 Å². The van der Waals surface area contributed by atoms with E-state index < -0.39 is 5.24 Å². The van der Waals surface area contributed by atoms with Crippen molar-refractivity contribution in [3.63, 3.8) is 0 Å². The minimum atomic E-state index is -0.505. The molecule has 2 aromatic rings. The predicted molar refractivity (Wildman–Crippen MR) is 81.7 cm³/mol. The lowest BCUT2D eigenvalue weighted by Gasteiger charge is -2.12. The van der Waals surface area contributed by atoms with Crippen LogP contribution in [0.2, 0.25) is 0 Å². The minimum absolute atomic E-state index is 0.282. The van der Waals surface area contributed by atoms with Crippen LogP contribution in [0.15, 0.2) is 46.9 Å². The fourth-order valence-electron chi connectivity index (χ4n) is 1.73. The van der Waals surface area contributed by atoms with Gasteiger partial charge in [-0.1, -0.05) is 12.1 Å². The molecule has 104 valence electrons. The molecule has 0 unspecified atom stereocenters. The molecule has 5 heteroatoms. The summed E-state index contributed by atoms with van der Waals surface area (Å²) in [6.07, 6.45) is 0. The highest BCUT2D eigenvalue weighted by molar-refractivity contribution is 9.10. The number of hydrogen-bond donors (Lipinski definition) is 0. The molecule has 0 bridgehead atoms. The zero-order valence-corrected chi connectivity index (χ0v) is 13.1. The maximum atomic E-state index is 11.2. The van der Waals surface area contributed by atoms with Gasteiger partial charge in [0.05, 0.1) is 11.6 Å². The highest BCUT2D eigenvalue weighted by atomic mass is 79.9. The van der Waals surface area contributed by atoms with Gasteiger partial charge in [-0.15, -0.1) is 0 Å². The number of carbonyl (C=O) groups excluding carboxylic acids is 1. The monoisotopic (exact) mass is 354 g/mol. The van der Waals surface area contributed by atoms with E-state index in [0.29, 0.717) is 11.3 Å². The summed E-state index contributed by atoms with van der Waals surface area (Å²) < 4.78 is 11.8. The van der Waals surface area contributed by atoms with Crippen molar-refractivity contribution in [3.8, 4) is 11.5 Å². The Morgan fingerprint density at radius 2 is 1.95 bits per heavy atom.